The lowest BCUT2D eigenvalue weighted by molar-refractivity contribution is -0.136. The summed E-state index contributed by atoms with van der Waals surface area (Å²) in [6.07, 6.45) is 1.97. The maximum atomic E-state index is 12.6. The van der Waals surface area contributed by atoms with Gasteiger partial charge in [0.05, 0.1) is 17.9 Å². The molecule has 1 aromatic carbocycles. The minimum atomic E-state index is -0.481. The molecule has 2 N–H and O–H groups in total. The Morgan fingerprint density at radius 2 is 1.96 bits per heavy atom. The zero-order valence-electron chi connectivity index (χ0n) is 17.4. The molecule has 1 fully saturated rings. The Morgan fingerprint density at radius 1 is 1.32 bits per heavy atom. The van der Waals surface area contributed by atoms with Crippen molar-refractivity contribution in [2.24, 2.45) is 11.3 Å². The van der Waals surface area contributed by atoms with E-state index in [0.717, 1.165) is 12.0 Å². The topological polar surface area (TPSA) is 91.2 Å². The van der Waals surface area contributed by atoms with Gasteiger partial charge in [-0.15, -0.1) is 0 Å². The summed E-state index contributed by atoms with van der Waals surface area (Å²) in [5.74, 6) is -0.384. The van der Waals surface area contributed by atoms with Crippen molar-refractivity contribution in [1.29, 1.82) is 5.26 Å². The molecule has 0 radical (unpaired) electrons. The number of carbonyl (C=O) groups is 2. The number of nitriles is 1. The fraction of sp³-hybridized carbons (Fsp3) is 0.591. The minimum absolute atomic E-state index is 0.0113. The molecule has 0 bridgehead atoms. The zero-order chi connectivity index (χ0) is 20.9. The highest BCUT2D eigenvalue weighted by Crippen LogP contribution is 2.31. The molecule has 0 aromatic heterocycles. The number of rotatable bonds is 6. The van der Waals surface area contributed by atoms with Gasteiger partial charge in [0.1, 0.15) is 11.8 Å². The van der Waals surface area contributed by atoms with Gasteiger partial charge in [0.2, 0.25) is 5.91 Å². The van der Waals surface area contributed by atoms with Crippen molar-refractivity contribution in [2.45, 2.75) is 65.0 Å². The standard InChI is InChI=1S/C22H31N3O3/c1-6-17(20(26)24-5)14-7-9-16(10-8-14)28-21(27)18-11-15(13-23)19(25-18)12-22(2,3)4/h7-10,15,17-19,25H,6,11-12H2,1-5H3,(H,24,26). The van der Waals surface area contributed by atoms with Crippen LogP contribution in [0, 0.1) is 22.7 Å². The Kier molecular flexibility index (Phi) is 7.20. The number of amides is 1. The molecule has 1 aliphatic heterocycles. The van der Waals surface area contributed by atoms with Crippen molar-refractivity contribution in [3.8, 4) is 11.8 Å². The molecule has 6 nitrogen and oxygen atoms in total. The molecule has 0 spiro atoms. The Bertz CT molecular complexity index is 731. The normalized spacial score (nSPS) is 22.9. The summed E-state index contributed by atoms with van der Waals surface area (Å²) in [4.78, 5) is 24.5. The average Bonchev–Trinajstić information content (AvgIpc) is 3.04. The van der Waals surface area contributed by atoms with Gasteiger partial charge in [-0.25, -0.2) is 4.79 Å². The fourth-order valence-corrected chi connectivity index (χ4v) is 3.73. The third kappa shape index (κ3) is 5.56. The Labute approximate surface area is 167 Å². The van der Waals surface area contributed by atoms with E-state index in [9.17, 15) is 14.9 Å². The van der Waals surface area contributed by atoms with Crippen molar-refractivity contribution < 1.29 is 14.3 Å². The van der Waals surface area contributed by atoms with E-state index in [1.54, 1.807) is 19.2 Å². The smallest absolute Gasteiger partial charge is 0.328 e. The molecule has 1 aliphatic rings. The number of esters is 1. The van der Waals surface area contributed by atoms with Crippen molar-refractivity contribution in [2.75, 3.05) is 7.05 Å². The largest absolute Gasteiger partial charge is 0.425 e. The molecule has 0 aliphatic carbocycles. The molecular formula is C22H31N3O3. The molecular weight excluding hydrogens is 354 g/mol. The Morgan fingerprint density at radius 3 is 2.46 bits per heavy atom. The lowest BCUT2D eigenvalue weighted by Crippen LogP contribution is -2.40. The second-order valence-electron chi connectivity index (χ2n) is 8.63. The molecule has 1 heterocycles. The summed E-state index contributed by atoms with van der Waals surface area (Å²) in [7, 11) is 1.62. The summed E-state index contributed by atoms with van der Waals surface area (Å²) < 4.78 is 5.51. The molecule has 1 saturated heterocycles. The molecule has 4 unspecified atom stereocenters. The van der Waals surface area contributed by atoms with Gasteiger partial charge in [-0.2, -0.15) is 5.26 Å². The van der Waals surface area contributed by atoms with Crippen LogP contribution >= 0.6 is 0 Å². The second kappa shape index (κ2) is 9.20. The lowest BCUT2D eigenvalue weighted by Gasteiger charge is -2.25. The monoisotopic (exact) mass is 385 g/mol. The first-order valence-electron chi connectivity index (χ1n) is 9.87. The highest BCUT2D eigenvalue weighted by molar-refractivity contribution is 5.83. The van der Waals surface area contributed by atoms with Crippen LogP contribution in [0.2, 0.25) is 0 Å². The molecule has 28 heavy (non-hydrogen) atoms. The van der Waals surface area contributed by atoms with Gasteiger partial charge in [0.15, 0.2) is 0 Å². The van der Waals surface area contributed by atoms with Gasteiger partial charge in [-0.1, -0.05) is 39.8 Å². The van der Waals surface area contributed by atoms with Gasteiger partial charge >= 0.3 is 5.97 Å². The van der Waals surface area contributed by atoms with Crippen LogP contribution in [-0.2, 0) is 9.59 Å². The Balaban J connectivity index is 2.01. The summed E-state index contributed by atoms with van der Waals surface area (Å²) in [5.41, 5.74) is 0.956. The molecule has 1 aromatic rings. The van der Waals surface area contributed by atoms with E-state index in [2.05, 4.69) is 37.5 Å². The van der Waals surface area contributed by atoms with E-state index < -0.39 is 6.04 Å². The van der Waals surface area contributed by atoms with E-state index >= 15 is 0 Å². The number of carbonyl (C=O) groups excluding carboxylic acids is 2. The van der Waals surface area contributed by atoms with E-state index in [0.29, 0.717) is 18.6 Å². The van der Waals surface area contributed by atoms with Crippen LogP contribution in [0.1, 0.15) is 58.4 Å². The minimum Gasteiger partial charge on any atom is -0.425 e. The number of ether oxygens (including phenoxy) is 1. The van der Waals surface area contributed by atoms with Crippen molar-refractivity contribution >= 4 is 11.9 Å². The number of hydrogen-bond acceptors (Lipinski definition) is 5. The molecule has 2 rings (SSSR count). The van der Waals surface area contributed by atoms with Crippen LogP contribution in [0.4, 0.5) is 0 Å². The summed E-state index contributed by atoms with van der Waals surface area (Å²) in [6.45, 7) is 8.33. The van der Waals surface area contributed by atoms with Crippen molar-refractivity contribution in [3.63, 3.8) is 0 Å². The number of nitrogens with one attached hydrogen (secondary N) is 2. The van der Waals surface area contributed by atoms with Gasteiger partial charge < -0.3 is 15.4 Å². The van der Waals surface area contributed by atoms with Gasteiger partial charge in [0.25, 0.3) is 0 Å². The highest BCUT2D eigenvalue weighted by atomic mass is 16.5. The predicted molar refractivity (Wildman–Crippen MR) is 108 cm³/mol. The average molecular weight is 386 g/mol. The first kappa shape index (κ1) is 21.9. The van der Waals surface area contributed by atoms with E-state index in [1.165, 1.54) is 0 Å². The second-order valence-corrected chi connectivity index (χ2v) is 8.63. The molecule has 6 heteroatoms. The number of likely N-dealkylation sites (N-methyl/N-ethyl adjacent to an activating group) is 1. The van der Waals surface area contributed by atoms with E-state index in [4.69, 9.17) is 4.74 Å². The molecule has 0 saturated carbocycles. The Hall–Kier alpha value is -2.39. The third-order valence-electron chi connectivity index (χ3n) is 5.15. The zero-order valence-corrected chi connectivity index (χ0v) is 17.4. The number of hydrogen-bond donors (Lipinski definition) is 2. The summed E-state index contributed by atoms with van der Waals surface area (Å²) in [6, 6.07) is 8.88. The van der Waals surface area contributed by atoms with E-state index in [-0.39, 0.29) is 35.2 Å². The van der Waals surface area contributed by atoms with Crippen LogP contribution in [0.25, 0.3) is 0 Å². The van der Waals surface area contributed by atoms with Crippen molar-refractivity contribution in [1.82, 2.24) is 10.6 Å². The maximum absolute atomic E-state index is 12.6. The summed E-state index contributed by atoms with van der Waals surface area (Å²) >= 11 is 0. The van der Waals surface area contributed by atoms with Gasteiger partial charge in [0, 0.05) is 13.1 Å². The maximum Gasteiger partial charge on any atom is 0.328 e. The van der Waals surface area contributed by atoms with Crippen LogP contribution < -0.4 is 15.4 Å². The van der Waals surface area contributed by atoms with Crippen molar-refractivity contribution in [3.05, 3.63) is 29.8 Å². The molecule has 152 valence electrons. The lowest BCUT2D eigenvalue weighted by atomic mass is 9.84. The van der Waals surface area contributed by atoms with Gasteiger partial charge in [-0.05, 0) is 42.4 Å². The predicted octanol–water partition coefficient (Wildman–Crippen LogP) is 3.14. The molecule has 4 atom stereocenters. The third-order valence-corrected chi connectivity index (χ3v) is 5.15. The highest BCUT2D eigenvalue weighted by Gasteiger charge is 2.40. The quantitative estimate of drug-likeness (QED) is 0.580. The molecule has 1 amide bonds. The summed E-state index contributed by atoms with van der Waals surface area (Å²) in [5, 5.41) is 15.4. The number of nitrogens with zero attached hydrogens (tertiary/aromatic N) is 1. The first-order chi connectivity index (χ1) is 13.2. The SMILES string of the molecule is CCC(C(=O)NC)c1ccc(OC(=O)C2CC(C#N)C(CC(C)(C)C)N2)cc1. The fourth-order valence-electron chi connectivity index (χ4n) is 3.73. The van der Waals surface area contributed by atoms with E-state index in [1.807, 2.05) is 19.1 Å². The van der Waals surface area contributed by atoms with Crippen LogP contribution in [0.5, 0.6) is 5.75 Å². The van der Waals surface area contributed by atoms with Crippen LogP contribution in [-0.4, -0.2) is 31.0 Å². The first-order valence-corrected chi connectivity index (χ1v) is 9.87. The van der Waals surface area contributed by atoms with Crippen LogP contribution in [0.15, 0.2) is 24.3 Å². The van der Waals surface area contributed by atoms with Crippen LogP contribution in [0.3, 0.4) is 0 Å². The van der Waals surface area contributed by atoms with Gasteiger partial charge in [-0.3, -0.25) is 4.79 Å². The number of benzene rings is 1.